The zero-order valence-electron chi connectivity index (χ0n) is 19.2. The highest BCUT2D eigenvalue weighted by molar-refractivity contribution is 6.14. The van der Waals surface area contributed by atoms with Gasteiger partial charge in [0, 0.05) is 13.7 Å². The number of benzene rings is 2. The third kappa shape index (κ3) is 6.11. The number of carbonyl (C=O) groups is 2. The van der Waals surface area contributed by atoms with Crippen molar-refractivity contribution < 1.29 is 24.2 Å². The van der Waals surface area contributed by atoms with E-state index >= 15 is 0 Å². The van der Waals surface area contributed by atoms with Crippen molar-refractivity contribution in [2.45, 2.75) is 32.2 Å². The molecule has 0 saturated heterocycles. The summed E-state index contributed by atoms with van der Waals surface area (Å²) in [6, 6.07) is 16.0. The van der Waals surface area contributed by atoms with Gasteiger partial charge in [-0.1, -0.05) is 68.3 Å². The number of aliphatic hydroxyl groups is 1. The number of allylic oxidation sites excluding steroid dienone is 1. The first-order valence-corrected chi connectivity index (χ1v) is 11.3. The van der Waals surface area contributed by atoms with Gasteiger partial charge in [0.25, 0.3) is 5.91 Å². The van der Waals surface area contributed by atoms with Crippen LogP contribution in [0.15, 0.2) is 72.0 Å². The molecular formula is C27H31NO5. The lowest BCUT2D eigenvalue weighted by Gasteiger charge is -2.26. The van der Waals surface area contributed by atoms with Crippen molar-refractivity contribution >= 4 is 17.8 Å². The Morgan fingerprint density at radius 3 is 2.45 bits per heavy atom. The summed E-state index contributed by atoms with van der Waals surface area (Å²) in [6.07, 6.45) is 6.30. The summed E-state index contributed by atoms with van der Waals surface area (Å²) in [5.74, 6) is -0.769. The van der Waals surface area contributed by atoms with Crippen molar-refractivity contribution in [2.75, 3.05) is 26.9 Å². The maximum absolute atomic E-state index is 13.1. The second-order valence-electron chi connectivity index (χ2n) is 7.89. The number of rotatable bonds is 12. The SMILES string of the molecule is CCCCCOc1ccc(C2C(C(=O)/C=C/c3ccccc3)=C(O)C(=O)N2CCOC)cc1. The highest BCUT2D eigenvalue weighted by Crippen LogP contribution is 2.38. The summed E-state index contributed by atoms with van der Waals surface area (Å²) in [7, 11) is 1.54. The molecule has 0 fully saturated rings. The lowest BCUT2D eigenvalue weighted by Crippen LogP contribution is -2.33. The zero-order chi connectivity index (χ0) is 23.6. The summed E-state index contributed by atoms with van der Waals surface area (Å²) in [5, 5.41) is 10.6. The van der Waals surface area contributed by atoms with E-state index in [-0.39, 0.29) is 18.7 Å². The molecule has 1 N–H and O–H groups in total. The minimum Gasteiger partial charge on any atom is -0.503 e. The molecule has 174 valence electrons. The van der Waals surface area contributed by atoms with Crippen LogP contribution in [0, 0.1) is 0 Å². The summed E-state index contributed by atoms with van der Waals surface area (Å²) < 4.78 is 10.9. The van der Waals surface area contributed by atoms with Crippen molar-refractivity contribution in [3.05, 3.63) is 83.1 Å². The predicted octanol–water partition coefficient (Wildman–Crippen LogP) is 4.88. The van der Waals surface area contributed by atoms with Crippen LogP contribution in [0.25, 0.3) is 6.08 Å². The summed E-state index contributed by atoms with van der Waals surface area (Å²) in [6.45, 7) is 3.32. The van der Waals surface area contributed by atoms with Gasteiger partial charge >= 0.3 is 0 Å². The quantitative estimate of drug-likeness (QED) is 0.369. The van der Waals surface area contributed by atoms with E-state index in [1.54, 1.807) is 13.2 Å². The molecule has 1 aliphatic rings. The molecule has 0 aliphatic carbocycles. The van der Waals surface area contributed by atoms with Crippen molar-refractivity contribution in [2.24, 2.45) is 0 Å². The van der Waals surface area contributed by atoms with Gasteiger partial charge in [-0.25, -0.2) is 0 Å². The number of unbranched alkanes of at least 4 members (excludes halogenated alkanes) is 2. The van der Waals surface area contributed by atoms with Crippen LogP contribution >= 0.6 is 0 Å². The van der Waals surface area contributed by atoms with Gasteiger partial charge in [-0.2, -0.15) is 0 Å². The lowest BCUT2D eigenvalue weighted by atomic mass is 9.95. The molecule has 2 aromatic carbocycles. The van der Waals surface area contributed by atoms with Crippen molar-refractivity contribution in [3.8, 4) is 5.75 Å². The molecule has 33 heavy (non-hydrogen) atoms. The van der Waals surface area contributed by atoms with Crippen molar-refractivity contribution in [1.82, 2.24) is 4.90 Å². The molecule has 3 rings (SSSR count). The molecule has 1 atom stereocenters. The zero-order valence-corrected chi connectivity index (χ0v) is 19.2. The number of nitrogens with zero attached hydrogens (tertiary/aromatic N) is 1. The molecule has 2 aromatic rings. The highest BCUT2D eigenvalue weighted by Gasteiger charge is 2.42. The van der Waals surface area contributed by atoms with Crippen LogP contribution < -0.4 is 4.74 Å². The molecule has 0 aromatic heterocycles. The topological polar surface area (TPSA) is 76.1 Å². The van der Waals surface area contributed by atoms with Gasteiger partial charge in [0.05, 0.1) is 24.8 Å². The first-order chi connectivity index (χ1) is 16.1. The fraction of sp³-hybridized carbons (Fsp3) is 0.333. The van der Waals surface area contributed by atoms with Crippen molar-refractivity contribution in [3.63, 3.8) is 0 Å². The van der Waals surface area contributed by atoms with Crippen LogP contribution in [0.3, 0.4) is 0 Å². The fourth-order valence-electron chi connectivity index (χ4n) is 3.79. The molecule has 1 heterocycles. The number of amides is 1. The van der Waals surface area contributed by atoms with Crippen LogP contribution in [-0.2, 0) is 14.3 Å². The predicted molar refractivity (Wildman–Crippen MR) is 128 cm³/mol. The minimum absolute atomic E-state index is 0.0694. The van der Waals surface area contributed by atoms with Gasteiger partial charge in [0.2, 0.25) is 0 Å². The molecule has 0 saturated carbocycles. The minimum atomic E-state index is -0.699. The van der Waals surface area contributed by atoms with Crippen LogP contribution in [0.1, 0.15) is 43.4 Å². The largest absolute Gasteiger partial charge is 0.503 e. The fourth-order valence-corrected chi connectivity index (χ4v) is 3.79. The number of ether oxygens (including phenoxy) is 2. The number of carbonyl (C=O) groups excluding carboxylic acids is 2. The number of methoxy groups -OCH3 is 1. The van der Waals surface area contributed by atoms with E-state index in [1.807, 2.05) is 54.6 Å². The van der Waals surface area contributed by atoms with Crippen LogP contribution in [0.2, 0.25) is 0 Å². The van der Waals surface area contributed by atoms with Gasteiger partial charge in [0.1, 0.15) is 5.75 Å². The Balaban J connectivity index is 1.86. The molecule has 1 amide bonds. The van der Waals surface area contributed by atoms with E-state index in [4.69, 9.17) is 9.47 Å². The Bertz CT molecular complexity index is 995. The van der Waals surface area contributed by atoms with E-state index in [0.29, 0.717) is 6.61 Å². The number of aliphatic hydroxyl groups excluding tert-OH is 1. The van der Waals surface area contributed by atoms with E-state index in [9.17, 15) is 14.7 Å². The van der Waals surface area contributed by atoms with Crippen LogP contribution in [0.5, 0.6) is 5.75 Å². The summed E-state index contributed by atoms with van der Waals surface area (Å²) >= 11 is 0. The second kappa shape index (κ2) is 12.0. The summed E-state index contributed by atoms with van der Waals surface area (Å²) in [5.41, 5.74) is 1.65. The standard InChI is InChI=1S/C27H31NO5/c1-3-4-8-18-33-22-14-12-21(13-15-22)25-24(26(30)27(31)28(25)17-19-32-2)23(29)16-11-20-9-6-5-7-10-20/h5-7,9-16,25,30H,3-4,8,17-19H2,1-2H3/b16-11+. The van der Waals surface area contributed by atoms with Gasteiger partial charge in [0.15, 0.2) is 11.5 Å². The van der Waals surface area contributed by atoms with E-state index in [2.05, 4.69) is 6.92 Å². The summed E-state index contributed by atoms with van der Waals surface area (Å²) in [4.78, 5) is 27.4. The molecule has 6 nitrogen and oxygen atoms in total. The highest BCUT2D eigenvalue weighted by atomic mass is 16.5. The van der Waals surface area contributed by atoms with E-state index < -0.39 is 23.5 Å². The molecule has 6 heteroatoms. The Morgan fingerprint density at radius 2 is 1.79 bits per heavy atom. The monoisotopic (exact) mass is 449 g/mol. The first-order valence-electron chi connectivity index (χ1n) is 11.3. The number of hydrogen-bond donors (Lipinski definition) is 1. The Kier molecular flexibility index (Phi) is 8.84. The van der Waals surface area contributed by atoms with Crippen LogP contribution in [-0.4, -0.2) is 48.6 Å². The molecule has 1 aliphatic heterocycles. The van der Waals surface area contributed by atoms with Crippen LogP contribution in [0.4, 0.5) is 0 Å². The molecule has 0 radical (unpaired) electrons. The maximum atomic E-state index is 13.1. The van der Waals surface area contributed by atoms with Gasteiger partial charge in [-0.05, 0) is 35.8 Å². The van der Waals surface area contributed by atoms with Crippen molar-refractivity contribution in [1.29, 1.82) is 0 Å². The van der Waals surface area contributed by atoms with Gasteiger partial charge in [-0.3, -0.25) is 9.59 Å². The maximum Gasteiger partial charge on any atom is 0.290 e. The Labute approximate surface area is 195 Å². The first kappa shape index (κ1) is 24.3. The third-order valence-electron chi connectivity index (χ3n) is 5.54. The third-order valence-corrected chi connectivity index (χ3v) is 5.54. The normalized spacial score (nSPS) is 16.1. The number of ketones is 1. The van der Waals surface area contributed by atoms with Gasteiger partial charge < -0.3 is 19.5 Å². The molecular weight excluding hydrogens is 418 g/mol. The molecule has 1 unspecified atom stereocenters. The van der Waals surface area contributed by atoms with E-state index in [1.165, 1.54) is 11.0 Å². The lowest BCUT2D eigenvalue weighted by molar-refractivity contribution is -0.130. The second-order valence-corrected chi connectivity index (χ2v) is 7.89. The average Bonchev–Trinajstić information content (AvgIpc) is 3.10. The smallest absolute Gasteiger partial charge is 0.290 e. The van der Waals surface area contributed by atoms with E-state index in [0.717, 1.165) is 36.1 Å². The average molecular weight is 450 g/mol. The van der Waals surface area contributed by atoms with Gasteiger partial charge in [-0.15, -0.1) is 0 Å². The Hall–Kier alpha value is -3.38. The molecule has 0 spiro atoms. The number of hydrogen-bond acceptors (Lipinski definition) is 5. The Morgan fingerprint density at radius 1 is 1.06 bits per heavy atom. The molecule has 0 bridgehead atoms.